The van der Waals surface area contributed by atoms with E-state index < -0.39 is 10.0 Å². The van der Waals surface area contributed by atoms with Crippen molar-refractivity contribution in [1.29, 1.82) is 0 Å². The summed E-state index contributed by atoms with van der Waals surface area (Å²) in [5, 5.41) is 3.30. The van der Waals surface area contributed by atoms with E-state index >= 15 is 0 Å². The van der Waals surface area contributed by atoms with Gasteiger partial charge in [-0.3, -0.25) is 4.79 Å². The lowest BCUT2D eigenvalue weighted by atomic mass is 10.1. The Bertz CT molecular complexity index is 934. The number of benzene rings is 1. The van der Waals surface area contributed by atoms with Crippen molar-refractivity contribution in [2.45, 2.75) is 29.8 Å². The predicted molar refractivity (Wildman–Crippen MR) is 99.6 cm³/mol. The maximum Gasteiger partial charge on any atom is 0.254 e. The smallest absolute Gasteiger partial charge is 0.254 e. The van der Waals surface area contributed by atoms with Crippen LogP contribution in [0.2, 0.25) is 0 Å². The average molecular weight is 389 g/mol. The third-order valence-corrected chi connectivity index (χ3v) is 6.51. The number of nitrogens with zero attached hydrogens (tertiary/aromatic N) is 3. The first-order valence-electron chi connectivity index (χ1n) is 9.07. The number of carbonyl (C=O) groups is 1. The summed E-state index contributed by atoms with van der Waals surface area (Å²) in [7, 11) is -1.61. The first-order chi connectivity index (χ1) is 13.0. The molecule has 1 saturated carbocycles. The van der Waals surface area contributed by atoms with Gasteiger partial charge in [-0.2, -0.15) is 0 Å². The minimum absolute atomic E-state index is 0.0516. The molecule has 1 saturated heterocycles. The van der Waals surface area contributed by atoms with Crippen molar-refractivity contribution in [2.24, 2.45) is 7.05 Å². The summed E-state index contributed by atoms with van der Waals surface area (Å²) in [4.78, 5) is 19.4. The number of nitrogens with one attached hydrogen (secondary N) is 2. The maximum absolute atomic E-state index is 13.1. The van der Waals surface area contributed by atoms with Gasteiger partial charge in [-0.15, -0.1) is 0 Å². The van der Waals surface area contributed by atoms with Gasteiger partial charge in [0.05, 0.1) is 4.90 Å². The number of hydrogen-bond acceptors (Lipinski definition) is 5. The van der Waals surface area contributed by atoms with E-state index in [2.05, 4.69) is 15.0 Å². The molecule has 144 valence electrons. The first-order valence-corrected chi connectivity index (χ1v) is 10.6. The first kappa shape index (κ1) is 18.1. The molecule has 9 heteroatoms. The van der Waals surface area contributed by atoms with Gasteiger partial charge in [-0.05, 0) is 37.1 Å². The molecule has 1 aliphatic heterocycles. The van der Waals surface area contributed by atoms with Crippen LogP contribution in [-0.2, 0) is 17.1 Å². The van der Waals surface area contributed by atoms with Crippen LogP contribution >= 0.6 is 0 Å². The van der Waals surface area contributed by atoms with Crippen molar-refractivity contribution in [3.63, 3.8) is 0 Å². The molecule has 0 radical (unpaired) electrons. The zero-order valence-electron chi connectivity index (χ0n) is 15.1. The second-order valence-electron chi connectivity index (χ2n) is 7.03. The fraction of sp³-hybridized carbons (Fsp3) is 0.444. The second-order valence-corrected chi connectivity index (χ2v) is 8.75. The molecule has 2 aliphatic rings. The lowest BCUT2D eigenvalue weighted by molar-refractivity contribution is 0.0620. The van der Waals surface area contributed by atoms with Gasteiger partial charge in [0.15, 0.2) is 0 Å². The lowest BCUT2D eigenvalue weighted by Crippen LogP contribution is -2.49. The van der Waals surface area contributed by atoms with Crippen LogP contribution in [0.3, 0.4) is 0 Å². The zero-order chi connectivity index (χ0) is 19.0. The van der Waals surface area contributed by atoms with Crippen molar-refractivity contribution in [1.82, 2.24) is 24.5 Å². The second kappa shape index (κ2) is 7.06. The minimum atomic E-state index is -3.51. The molecule has 1 aliphatic carbocycles. The number of rotatable bonds is 5. The molecule has 2 fully saturated rings. The van der Waals surface area contributed by atoms with Gasteiger partial charge in [-0.1, -0.05) is 0 Å². The van der Waals surface area contributed by atoms with Gasteiger partial charge in [0.1, 0.15) is 11.9 Å². The Morgan fingerprint density at radius 1 is 1.26 bits per heavy atom. The van der Waals surface area contributed by atoms with Crippen LogP contribution in [0.4, 0.5) is 0 Å². The van der Waals surface area contributed by atoms with Crippen LogP contribution in [0.5, 0.6) is 0 Å². The Balaban J connectivity index is 1.55. The van der Waals surface area contributed by atoms with Crippen LogP contribution in [0, 0.1) is 0 Å². The van der Waals surface area contributed by atoms with E-state index in [1.54, 1.807) is 23.2 Å². The third kappa shape index (κ3) is 3.76. The number of sulfonamides is 1. The summed E-state index contributed by atoms with van der Waals surface area (Å²) < 4.78 is 29.1. The monoisotopic (exact) mass is 389 g/mol. The van der Waals surface area contributed by atoms with Crippen LogP contribution in [-0.4, -0.2) is 54.5 Å². The quantitative estimate of drug-likeness (QED) is 0.783. The Labute approximate surface area is 158 Å². The summed E-state index contributed by atoms with van der Waals surface area (Å²) >= 11 is 0. The van der Waals surface area contributed by atoms with Crippen molar-refractivity contribution in [3.8, 4) is 0 Å². The molecule has 2 N–H and O–H groups in total. The fourth-order valence-corrected chi connectivity index (χ4v) is 4.61. The fourth-order valence-electron chi connectivity index (χ4n) is 3.31. The Hall–Kier alpha value is -2.23. The Morgan fingerprint density at radius 2 is 2.00 bits per heavy atom. The maximum atomic E-state index is 13.1. The average Bonchev–Trinajstić information content (AvgIpc) is 3.37. The van der Waals surface area contributed by atoms with Gasteiger partial charge < -0.3 is 14.8 Å². The largest absolute Gasteiger partial charge is 0.336 e. The molecule has 1 atom stereocenters. The minimum Gasteiger partial charge on any atom is -0.336 e. The lowest BCUT2D eigenvalue weighted by Gasteiger charge is -2.35. The Kier molecular flexibility index (Phi) is 4.75. The van der Waals surface area contributed by atoms with Crippen LogP contribution in [0.25, 0.3) is 0 Å². The third-order valence-electron chi connectivity index (χ3n) is 4.97. The number of piperazine rings is 1. The highest BCUT2D eigenvalue weighted by Gasteiger charge is 2.32. The standard InChI is InChI=1S/C18H23N5O3S/c1-22-10-9-20-17(22)16-12-19-8-11-23(16)18(24)13-2-6-15(7-3-13)27(25,26)21-14-4-5-14/h2-3,6-7,9-10,14,16,19,21H,4-5,8,11-12H2,1H3. The van der Waals surface area contributed by atoms with Crippen LogP contribution in [0.1, 0.15) is 35.1 Å². The number of carbonyl (C=O) groups excluding carboxylic acids is 1. The summed E-state index contributed by atoms with van der Waals surface area (Å²) in [5.74, 6) is 0.701. The predicted octanol–water partition coefficient (Wildman–Crippen LogP) is 0.648. The number of aromatic nitrogens is 2. The summed E-state index contributed by atoms with van der Waals surface area (Å²) in [5.41, 5.74) is 0.474. The van der Waals surface area contributed by atoms with Crippen molar-refractivity contribution >= 4 is 15.9 Å². The highest BCUT2D eigenvalue weighted by Crippen LogP contribution is 2.24. The molecular weight excluding hydrogens is 366 g/mol. The number of amides is 1. The van der Waals surface area contributed by atoms with Gasteiger partial charge >= 0.3 is 0 Å². The molecule has 0 spiro atoms. The van der Waals surface area contributed by atoms with E-state index in [4.69, 9.17) is 0 Å². The van der Waals surface area contributed by atoms with Gasteiger partial charge in [0, 0.05) is 50.7 Å². The molecular formula is C18H23N5O3S. The van der Waals surface area contributed by atoms with E-state index in [0.717, 1.165) is 18.7 Å². The van der Waals surface area contributed by atoms with Crippen molar-refractivity contribution in [2.75, 3.05) is 19.6 Å². The molecule has 4 rings (SSSR count). The highest BCUT2D eigenvalue weighted by atomic mass is 32.2. The Morgan fingerprint density at radius 3 is 2.63 bits per heavy atom. The molecule has 1 aromatic carbocycles. The molecule has 1 unspecified atom stereocenters. The summed E-state index contributed by atoms with van der Waals surface area (Å²) in [6.45, 7) is 1.92. The van der Waals surface area contributed by atoms with Gasteiger partial charge in [0.25, 0.3) is 5.91 Å². The van der Waals surface area contributed by atoms with Gasteiger partial charge in [0.2, 0.25) is 10.0 Å². The topological polar surface area (TPSA) is 96.3 Å². The number of hydrogen-bond donors (Lipinski definition) is 2. The normalized spacial score (nSPS) is 20.6. The molecule has 0 bridgehead atoms. The number of imidazole rings is 1. The molecule has 1 aromatic heterocycles. The molecule has 8 nitrogen and oxygen atoms in total. The molecule has 27 heavy (non-hydrogen) atoms. The van der Waals surface area contributed by atoms with Gasteiger partial charge in [-0.25, -0.2) is 18.1 Å². The highest BCUT2D eigenvalue weighted by molar-refractivity contribution is 7.89. The summed E-state index contributed by atoms with van der Waals surface area (Å²) in [6, 6.07) is 6.05. The van der Waals surface area contributed by atoms with Crippen LogP contribution in [0.15, 0.2) is 41.6 Å². The van der Waals surface area contributed by atoms with Crippen LogP contribution < -0.4 is 10.0 Å². The zero-order valence-corrected chi connectivity index (χ0v) is 15.9. The van der Waals surface area contributed by atoms with E-state index in [1.807, 2.05) is 17.8 Å². The van der Waals surface area contributed by atoms with E-state index in [9.17, 15) is 13.2 Å². The van der Waals surface area contributed by atoms with Crippen molar-refractivity contribution in [3.05, 3.63) is 48.0 Å². The SMILES string of the molecule is Cn1ccnc1C1CNCCN1C(=O)c1ccc(S(=O)(=O)NC2CC2)cc1. The van der Waals surface area contributed by atoms with E-state index in [0.29, 0.717) is 25.2 Å². The molecule has 2 aromatic rings. The summed E-state index contributed by atoms with van der Waals surface area (Å²) in [6.07, 6.45) is 5.35. The molecule has 2 heterocycles. The molecule has 1 amide bonds. The number of aryl methyl sites for hydroxylation is 1. The van der Waals surface area contributed by atoms with E-state index in [1.165, 1.54) is 12.1 Å². The van der Waals surface area contributed by atoms with E-state index in [-0.39, 0.29) is 22.9 Å². The van der Waals surface area contributed by atoms with Crippen molar-refractivity contribution < 1.29 is 13.2 Å².